The Morgan fingerprint density at radius 1 is 1.27 bits per heavy atom. The number of benzene rings is 1. The number of fused-ring (bicyclic) bond motifs is 1. The van der Waals surface area contributed by atoms with Crippen molar-refractivity contribution >= 4 is 11.8 Å². The lowest BCUT2D eigenvalue weighted by atomic mass is 10.0. The molecule has 1 atom stereocenters. The first-order valence-corrected chi connectivity index (χ1v) is 8.45. The smallest absolute Gasteiger partial charge is 0.343 e. The molecule has 9 nitrogen and oxygen atoms in total. The van der Waals surface area contributed by atoms with Gasteiger partial charge in [0.1, 0.15) is 12.2 Å². The molecule has 9 heteroatoms. The molecule has 1 spiro atoms. The third kappa shape index (κ3) is 3.01. The van der Waals surface area contributed by atoms with Crippen LogP contribution in [-0.2, 0) is 22.7 Å². The van der Waals surface area contributed by atoms with Crippen LogP contribution in [-0.4, -0.2) is 56.7 Å². The van der Waals surface area contributed by atoms with Crippen LogP contribution in [0, 0.1) is 0 Å². The van der Waals surface area contributed by atoms with Crippen molar-refractivity contribution in [2.75, 3.05) is 19.6 Å². The number of hydrogen-bond donors (Lipinski definition) is 2. The third-order valence-electron chi connectivity index (χ3n) is 4.90. The average Bonchev–Trinajstić information content (AvgIpc) is 3.25. The van der Waals surface area contributed by atoms with Crippen molar-refractivity contribution < 1.29 is 14.3 Å². The van der Waals surface area contributed by atoms with Crippen LogP contribution in [0.4, 0.5) is 0 Å². The lowest BCUT2D eigenvalue weighted by Crippen LogP contribution is -2.48. The van der Waals surface area contributed by atoms with Gasteiger partial charge in [0.05, 0.1) is 19.6 Å². The van der Waals surface area contributed by atoms with Gasteiger partial charge in [-0.3, -0.25) is 14.2 Å². The number of likely N-dealkylation sites (tertiary alicyclic amines) is 1. The van der Waals surface area contributed by atoms with E-state index in [0.29, 0.717) is 37.4 Å². The number of ether oxygens (including phenoxy) is 1. The maximum absolute atomic E-state index is 12.4. The molecular formula is C17H19N5O4. The maximum Gasteiger partial charge on any atom is 0.343 e. The molecule has 2 aliphatic heterocycles. The summed E-state index contributed by atoms with van der Waals surface area (Å²) >= 11 is 0. The lowest BCUT2D eigenvalue weighted by Gasteiger charge is -2.33. The van der Waals surface area contributed by atoms with Crippen molar-refractivity contribution in [1.82, 2.24) is 25.0 Å². The number of aromatic nitrogens is 3. The number of nitrogens with zero attached hydrogens (tertiary/aromatic N) is 3. The zero-order valence-corrected chi connectivity index (χ0v) is 14.1. The standard InChI is InChI=1S/C17H19N5O4/c23-14(8-18-15(24)12-4-2-1-3-5-12)21-7-6-17(10-21)11-22-13(9-26-17)19-20-16(22)25/h1-5H,6-11H2,(H,18,24)(H,20,25). The van der Waals surface area contributed by atoms with Gasteiger partial charge in [-0.2, -0.15) is 5.10 Å². The molecule has 1 unspecified atom stereocenters. The summed E-state index contributed by atoms with van der Waals surface area (Å²) in [7, 11) is 0. The summed E-state index contributed by atoms with van der Waals surface area (Å²) in [5.41, 5.74) is -0.317. The molecule has 0 radical (unpaired) electrons. The number of H-pyrrole nitrogens is 1. The number of amides is 2. The Kier molecular flexibility index (Phi) is 4.08. The third-order valence-corrected chi connectivity index (χ3v) is 4.90. The highest BCUT2D eigenvalue weighted by Gasteiger charge is 2.44. The van der Waals surface area contributed by atoms with Gasteiger partial charge in [-0.15, -0.1) is 0 Å². The Balaban J connectivity index is 1.35. The minimum absolute atomic E-state index is 0.0687. The van der Waals surface area contributed by atoms with E-state index in [2.05, 4.69) is 15.5 Å². The first kappa shape index (κ1) is 16.5. The molecule has 3 heterocycles. The van der Waals surface area contributed by atoms with Gasteiger partial charge in [-0.1, -0.05) is 18.2 Å². The Morgan fingerprint density at radius 3 is 2.88 bits per heavy atom. The molecule has 2 amide bonds. The van der Waals surface area contributed by atoms with Crippen molar-refractivity contribution in [3.8, 4) is 0 Å². The zero-order valence-electron chi connectivity index (χ0n) is 14.1. The van der Waals surface area contributed by atoms with E-state index in [0.717, 1.165) is 0 Å². The van der Waals surface area contributed by atoms with Gasteiger partial charge >= 0.3 is 5.69 Å². The summed E-state index contributed by atoms with van der Waals surface area (Å²) in [5.74, 6) is 0.122. The van der Waals surface area contributed by atoms with Crippen LogP contribution in [0.5, 0.6) is 0 Å². The Bertz CT molecular complexity index is 890. The fraction of sp³-hybridized carbons (Fsp3) is 0.412. The first-order chi connectivity index (χ1) is 12.6. The molecule has 0 bridgehead atoms. The van der Waals surface area contributed by atoms with E-state index < -0.39 is 5.60 Å². The highest BCUT2D eigenvalue weighted by atomic mass is 16.5. The second kappa shape index (κ2) is 6.41. The second-order valence-electron chi connectivity index (χ2n) is 6.62. The summed E-state index contributed by atoms with van der Waals surface area (Å²) in [4.78, 5) is 37.9. The lowest BCUT2D eigenvalue weighted by molar-refractivity contribution is -0.132. The van der Waals surface area contributed by atoms with E-state index >= 15 is 0 Å². The molecule has 2 N–H and O–H groups in total. The molecule has 2 aliphatic rings. The van der Waals surface area contributed by atoms with Crippen LogP contribution in [0.25, 0.3) is 0 Å². The number of carbonyl (C=O) groups is 2. The highest BCUT2D eigenvalue weighted by molar-refractivity contribution is 5.96. The molecule has 1 fully saturated rings. The van der Waals surface area contributed by atoms with Crippen LogP contribution in [0.1, 0.15) is 22.6 Å². The normalized spacial score (nSPS) is 21.6. The molecule has 2 aromatic rings. The minimum atomic E-state index is -0.570. The van der Waals surface area contributed by atoms with E-state index in [1.807, 2.05) is 6.07 Å². The van der Waals surface area contributed by atoms with E-state index in [1.54, 1.807) is 33.7 Å². The number of rotatable bonds is 3. The molecule has 136 valence electrons. The van der Waals surface area contributed by atoms with Gasteiger partial charge < -0.3 is 15.0 Å². The number of aromatic amines is 1. The Morgan fingerprint density at radius 2 is 2.08 bits per heavy atom. The Hall–Kier alpha value is -2.94. The summed E-state index contributed by atoms with van der Waals surface area (Å²) < 4.78 is 7.48. The molecule has 26 heavy (non-hydrogen) atoms. The zero-order chi connectivity index (χ0) is 18.1. The fourth-order valence-electron chi connectivity index (χ4n) is 3.44. The summed E-state index contributed by atoms with van der Waals surface area (Å²) in [6.07, 6.45) is 0.641. The summed E-state index contributed by atoms with van der Waals surface area (Å²) in [5, 5.41) is 8.98. The predicted molar refractivity (Wildman–Crippen MR) is 90.3 cm³/mol. The SMILES string of the molecule is O=C(NCC(=O)N1CCC2(C1)Cn1c(n[nH]c1=O)CO2)c1ccccc1. The van der Waals surface area contributed by atoms with Crippen molar-refractivity contribution in [2.45, 2.75) is 25.2 Å². The molecule has 1 saturated heterocycles. The van der Waals surface area contributed by atoms with Crippen LogP contribution in [0.3, 0.4) is 0 Å². The predicted octanol–water partition coefficient (Wildman–Crippen LogP) is -0.497. The van der Waals surface area contributed by atoms with Gasteiger partial charge in [0.25, 0.3) is 5.91 Å². The van der Waals surface area contributed by atoms with E-state index in [4.69, 9.17) is 4.74 Å². The van der Waals surface area contributed by atoms with Crippen molar-refractivity contribution in [3.05, 3.63) is 52.2 Å². The quantitative estimate of drug-likeness (QED) is 0.770. The van der Waals surface area contributed by atoms with Gasteiger partial charge in [0.15, 0.2) is 5.82 Å². The second-order valence-corrected chi connectivity index (χ2v) is 6.62. The largest absolute Gasteiger partial charge is 0.363 e. The molecule has 1 aromatic carbocycles. The van der Waals surface area contributed by atoms with Gasteiger partial charge in [0, 0.05) is 12.1 Å². The van der Waals surface area contributed by atoms with Crippen LogP contribution in [0.15, 0.2) is 35.1 Å². The van der Waals surface area contributed by atoms with E-state index in [1.165, 1.54) is 0 Å². The molecule has 1 aromatic heterocycles. The molecule has 4 rings (SSSR count). The monoisotopic (exact) mass is 357 g/mol. The molecule has 0 saturated carbocycles. The average molecular weight is 357 g/mol. The van der Waals surface area contributed by atoms with Crippen LogP contribution < -0.4 is 11.0 Å². The van der Waals surface area contributed by atoms with Gasteiger partial charge in [-0.25, -0.2) is 9.89 Å². The first-order valence-electron chi connectivity index (χ1n) is 8.45. The topological polar surface area (TPSA) is 109 Å². The molecular weight excluding hydrogens is 338 g/mol. The van der Waals surface area contributed by atoms with Crippen molar-refractivity contribution in [3.63, 3.8) is 0 Å². The molecule has 0 aliphatic carbocycles. The number of hydrogen-bond acceptors (Lipinski definition) is 5. The highest BCUT2D eigenvalue weighted by Crippen LogP contribution is 2.31. The summed E-state index contributed by atoms with van der Waals surface area (Å²) in [6, 6.07) is 8.76. The maximum atomic E-state index is 12.4. The fourth-order valence-corrected chi connectivity index (χ4v) is 3.44. The van der Waals surface area contributed by atoms with Gasteiger partial charge in [0.2, 0.25) is 5.91 Å². The van der Waals surface area contributed by atoms with E-state index in [-0.39, 0.29) is 30.7 Å². The Labute approximate surface area is 148 Å². The summed E-state index contributed by atoms with van der Waals surface area (Å²) in [6.45, 7) is 1.47. The van der Waals surface area contributed by atoms with Crippen molar-refractivity contribution in [1.29, 1.82) is 0 Å². The van der Waals surface area contributed by atoms with Gasteiger partial charge in [-0.05, 0) is 18.6 Å². The number of nitrogens with one attached hydrogen (secondary N) is 2. The van der Waals surface area contributed by atoms with Crippen LogP contribution in [0.2, 0.25) is 0 Å². The van der Waals surface area contributed by atoms with Crippen molar-refractivity contribution in [2.24, 2.45) is 0 Å². The van der Waals surface area contributed by atoms with Crippen LogP contribution >= 0.6 is 0 Å². The number of carbonyl (C=O) groups excluding carboxylic acids is 2. The van der Waals surface area contributed by atoms with E-state index in [9.17, 15) is 14.4 Å². The minimum Gasteiger partial charge on any atom is -0.363 e.